The lowest BCUT2D eigenvalue weighted by Crippen LogP contribution is -2.19. The summed E-state index contributed by atoms with van der Waals surface area (Å²) in [6, 6.07) is 15.9. The second-order valence-electron chi connectivity index (χ2n) is 8.33. The van der Waals surface area contributed by atoms with E-state index in [9.17, 15) is 9.59 Å². The Labute approximate surface area is 186 Å². The number of aliphatic carboxylic acids is 1. The van der Waals surface area contributed by atoms with Gasteiger partial charge in [0.2, 0.25) is 0 Å². The average molecular weight is 437 g/mol. The van der Waals surface area contributed by atoms with Gasteiger partial charge in [0, 0.05) is 17.9 Å². The molecule has 0 aliphatic carbocycles. The van der Waals surface area contributed by atoms with E-state index >= 15 is 0 Å². The molecule has 0 saturated heterocycles. The van der Waals surface area contributed by atoms with Crippen LogP contribution in [0.15, 0.2) is 54.6 Å². The molecule has 0 aliphatic heterocycles. The molecule has 0 fully saturated rings. The van der Waals surface area contributed by atoms with Crippen LogP contribution in [0.5, 0.6) is 11.5 Å². The maximum atomic E-state index is 12.5. The first-order valence-electron chi connectivity index (χ1n) is 10.2. The zero-order valence-electron chi connectivity index (χ0n) is 18.6. The summed E-state index contributed by atoms with van der Waals surface area (Å²) in [5, 5.41) is 16.3. The highest BCUT2D eigenvalue weighted by atomic mass is 16.6. The molecule has 0 saturated carbocycles. The summed E-state index contributed by atoms with van der Waals surface area (Å²) in [6.07, 6.45) is -0.129. The summed E-state index contributed by atoms with van der Waals surface area (Å²) in [4.78, 5) is 23.3. The highest BCUT2D eigenvalue weighted by Gasteiger charge is 2.22. The lowest BCUT2D eigenvalue weighted by molar-refractivity contribution is -0.136. The van der Waals surface area contributed by atoms with Crippen LogP contribution in [0.4, 0.5) is 10.6 Å². The summed E-state index contributed by atoms with van der Waals surface area (Å²) in [5.74, 6) is 0.676. The number of aryl methyl sites for hydroxylation is 1. The van der Waals surface area contributed by atoms with E-state index in [2.05, 4.69) is 10.4 Å². The van der Waals surface area contributed by atoms with E-state index in [0.717, 1.165) is 16.9 Å². The second kappa shape index (κ2) is 9.55. The van der Waals surface area contributed by atoms with Gasteiger partial charge in [-0.1, -0.05) is 32.9 Å². The third-order valence-corrected chi connectivity index (χ3v) is 4.79. The minimum absolute atomic E-state index is 0.0687. The van der Waals surface area contributed by atoms with Gasteiger partial charge >= 0.3 is 12.1 Å². The van der Waals surface area contributed by atoms with Crippen molar-refractivity contribution in [2.75, 3.05) is 12.4 Å². The number of benzene rings is 2. The van der Waals surface area contributed by atoms with Gasteiger partial charge in [0.15, 0.2) is 0 Å². The lowest BCUT2D eigenvalue weighted by atomic mass is 9.92. The number of nitrogens with one attached hydrogen (secondary N) is 1. The number of ether oxygens (including phenoxy) is 2. The molecule has 8 nitrogen and oxygen atoms in total. The monoisotopic (exact) mass is 437 g/mol. The molecule has 3 rings (SSSR count). The molecule has 1 aromatic heterocycles. The minimum atomic E-state index is -0.835. The number of hydrogen-bond acceptors (Lipinski definition) is 5. The van der Waals surface area contributed by atoms with Crippen molar-refractivity contribution in [3.63, 3.8) is 0 Å². The Hall–Kier alpha value is -3.81. The average Bonchev–Trinajstić information content (AvgIpc) is 3.17. The Bertz CT molecular complexity index is 1080. The quantitative estimate of drug-likeness (QED) is 0.550. The molecule has 0 aliphatic rings. The number of carboxylic acid groups (broad SMARTS) is 1. The molecule has 1 heterocycles. The summed E-state index contributed by atoms with van der Waals surface area (Å²) in [7, 11) is 1.56. The van der Waals surface area contributed by atoms with Gasteiger partial charge in [0.25, 0.3) is 0 Å². The van der Waals surface area contributed by atoms with Crippen molar-refractivity contribution in [3.8, 4) is 17.2 Å². The number of rotatable bonds is 7. The Kier molecular flexibility index (Phi) is 6.82. The third-order valence-electron chi connectivity index (χ3n) is 4.79. The molecule has 0 spiro atoms. The van der Waals surface area contributed by atoms with Crippen LogP contribution in [0.25, 0.3) is 5.69 Å². The molecule has 0 radical (unpaired) electrons. The lowest BCUT2D eigenvalue weighted by Gasteiger charge is -2.14. The van der Waals surface area contributed by atoms with Crippen LogP contribution in [0, 0.1) is 0 Å². The topological polar surface area (TPSA) is 103 Å². The van der Waals surface area contributed by atoms with Crippen LogP contribution < -0.4 is 14.8 Å². The largest absolute Gasteiger partial charge is 0.497 e. The molecular formula is C24H27N3O5. The number of amides is 1. The Balaban J connectivity index is 1.82. The van der Waals surface area contributed by atoms with Crippen molar-refractivity contribution < 1.29 is 24.2 Å². The molecule has 1 amide bonds. The number of aromatic nitrogens is 2. The zero-order valence-corrected chi connectivity index (χ0v) is 18.6. The van der Waals surface area contributed by atoms with Gasteiger partial charge in [-0.25, -0.2) is 9.48 Å². The standard InChI is InChI=1S/C24H27N3O5/c1-24(2,3)20-15-21(25-23(30)32-19-12-10-18(31-4)11-13-19)27(26-20)17-8-5-16(6-9-17)7-14-22(28)29/h5-6,8-13,15H,7,14H2,1-4H3,(H,25,30)(H,28,29). The van der Waals surface area contributed by atoms with Gasteiger partial charge in [-0.2, -0.15) is 5.10 Å². The highest BCUT2D eigenvalue weighted by Crippen LogP contribution is 2.27. The summed E-state index contributed by atoms with van der Waals surface area (Å²) < 4.78 is 12.1. The van der Waals surface area contributed by atoms with E-state index in [1.54, 1.807) is 36.1 Å². The molecule has 2 aromatic carbocycles. The highest BCUT2D eigenvalue weighted by molar-refractivity contribution is 5.85. The van der Waals surface area contributed by atoms with Gasteiger partial charge in [-0.05, 0) is 48.4 Å². The van der Waals surface area contributed by atoms with E-state index < -0.39 is 12.1 Å². The number of carboxylic acids is 1. The van der Waals surface area contributed by atoms with Crippen molar-refractivity contribution in [1.82, 2.24) is 9.78 Å². The molecule has 0 bridgehead atoms. The SMILES string of the molecule is COc1ccc(OC(=O)Nc2cc(C(C)(C)C)nn2-c2ccc(CCC(=O)O)cc2)cc1. The number of anilines is 1. The van der Waals surface area contributed by atoms with E-state index in [1.807, 2.05) is 51.1 Å². The van der Waals surface area contributed by atoms with Crippen LogP contribution in [0.3, 0.4) is 0 Å². The van der Waals surface area contributed by atoms with Crippen LogP contribution >= 0.6 is 0 Å². The van der Waals surface area contributed by atoms with Crippen LogP contribution in [0.1, 0.15) is 38.4 Å². The predicted molar refractivity (Wildman–Crippen MR) is 121 cm³/mol. The van der Waals surface area contributed by atoms with E-state index in [1.165, 1.54) is 0 Å². The Morgan fingerprint density at radius 1 is 1.03 bits per heavy atom. The second-order valence-corrected chi connectivity index (χ2v) is 8.33. The van der Waals surface area contributed by atoms with E-state index in [0.29, 0.717) is 23.7 Å². The number of nitrogens with zero attached hydrogens (tertiary/aromatic N) is 2. The molecule has 0 unspecified atom stereocenters. The first-order chi connectivity index (χ1) is 15.2. The molecule has 3 aromatic rings. The molecular weight excluding hydrogens is 410 g/mol. The first kappa shape index (κ1) is 22.9. The minimum Gasteiger partial charge on any atom is -0.497 e. The molecule has 8 heteroatoms. The zero-order chi connectivity index (χ0) is 23.3. The number of carbonyl (C=O) groups excluding carboxylic acids is 1. The van der Waals surface area contributed by atoms with Crippen molar-refractivity contribution in [2.45, 2.75) is 39.0 Å². The molecule has 32 heavy (non-hydrogen) atoms. The van der Waals surface area contributed by atoms with Gasteiger partial charge < -0.3 is 14.6 Å². The fourth-order valence-electron chi connectivity index (χ4n) is 2.97. The van der Waals surface area contributed by atoms with Gasteiger partial charge in [-0.3, -0.25) is 10.1 Å². The van der Waals surface area contributed by atoms with Crippen LogP contribution in [-0.2, 0) is 16.6 Å². The van der Waals surface area contributed by atoms with Crippen LogP contribution in [-0.4, -0.2) is 34.1 Å². The fourth-order valence-corrected chi connectivity index (χ4v) is 2.97. The fraction of sp³-hybridized carbons (Fsp3) is 0.292. The predicted octanol–water partition coefficient (Wildman–Crippen LogP) is 4.81. The van der Waals surface area contributed by atoms with E-state index in [4.69, 9.17) is 14.6 Å². The first-order valence-corrected chi connectivity index (χ1v) is 10.2. The molecule has 168 valence electrons. The summed E-state index contributed by atoms with van der Waals surface area (Å²) in [6.45, 7) is 6.11. The van der Waals surface area contributed by atoms with Gasteiger partial charge in [0.05, 0.1) is 18.5 Å². The number of hydrogen-bond donors (Lipinski definition) is 2. The number of methoxy groups -OCH3 is 1. The Morgan fingerprint density at radius 3 is 2.22 bits per heavy atom. The van der Waals surface area contributed by atoms with Crippen molar-refractivity contribution >= 4 is 17.9 Å². The smallest absolute Gasteiger partial charge is 0.418 e. The third kappa shape index (κ3) is 5.87. The summed E-state index contributed by atoms with van der Waals surface area (Å²) >= 11 is 0. The summed E-state index contributed by atoms with van der Waals surface area (Å²) in [5.41, 5.74) is 2.21. The molecule has 0 atom stereocenters. The normalized spacial score (nSPS) is 11.1. The Morgan fingerprint density at radius 2 is 1.66 bits per heavy atom. The molecule has 2 N–H and O–H groups in total. The van der Waals surface area contributed by atoms with Crippen molar-refractivity contribution in [2.24, 2.45) is 0 Å². The maximum absolute atomic E-state index is 12.5. The van der Waals surface area contributed by atoms with Gasteiger partial charge in [-0.15, -0.1) is 0 Å². The van der Waals surface area contributed by atoms with Crippen molar-refractivity contribution in [3.05, 3.63) is 65.9 Å². The maximum Gasteiger partial charge on any atom is 0.418 e. The number of carbonyl (C=O) groups is 2. The van der Waals surface area contributed by atoms with E-state index in [-0.39, 0.29) is 11.8 Å². The van der Waals surface area contributed by atoms with Crippen molar-refractivity contribution in [1.29, 1.82) is 0 Å². The van der Waals surface area contributed by atoms with Gasteiger partial charge in [0.1, 0.15) is 17.3 Å². The van der Waals surface area contributed by atoms with Crippen LogP contribution in [0.2, 0.25) is 0 Å².